The molecule has 152 valence electrons. The summed E-state index contributed by atoms with van der Waals surface area (Å²) in [5.41, 5.74) is 1.18. The second kappa shape index (κ2) is 7.84. The molecular weight excluding hydrogens is 381 g/mol. The number of nitrogens with zero attached hydrogens (tertiary/aromatic N) is 4. The molecule has 4 aromatic rings. The van der Waals surface area contributed by atoms with Crippen molar-refractivity contribution in [2.24, 2.45) is 0 Å². The molecule has 6 nitrogen and oxygen atoms in total. The van der Waals surface area contributed by atoms with Crippen LogP contribution in [0.3, 0.4) is 0 Å². The second-order valence-corrected chi connectivity index (χ2v) is 7.77. The highest BCUT2D eigenvalue weighted by atomic mass is 19.1. The van der Waals surface area contributed by atoms with Crippen molar-refractivity contribution in [2.75, 3.05) is 13.1 Å². The van der Waals surface area contributed by atoms with Crippen molar-refractivity contribution in [3.8, 4) is 5.69 Å². The maximum absolute atomic E-state index is 14.0. The summed E-state index contributed by atoms with van der Waals surface area (Å²) in [5.74, 6) is 0.614. The second-order valence-electron chi connectivity index (χ2n) is 7.77. The van der Waals surface area contributed by atoms with E-state index in [1.165, 1.54) is 10.7 Å². The molecule has 5 rings (SSSR count). The molecule has 2 aromatic carbocycles. The van der Waals surface area contributed by atoms with Gasteiger partial charge in [0.1, 0.15) is 11.6 Å². The Morgan fingerprint density at radius 3 is 2.93 bits per heavy atom. The Bertz CT molecular complexity index is 1240. The molecule has 1 aliphatic rings. The molecule has 0 aliphatic carbocycles. The molecule has 1 saturated heterocycles. The predicted molar refractivity (Wildman–Crippen MR) is 113 cm³/mol. The Labute approximate surface area is 173 Å². The van der Waals surface area contributed by atoms with Crippen molar-refractivity contribution >= 4 is 10.8 Å². The lowest BCUT2D eigenvalue weighted by Gasteiger charge is -2.31. The number of hydrogen-bond acceptors (Lipinski definition) is 4. The molecule has 7 heteroatoms. The quantitative estimate of drug-likeness (QED) is 0.565. The molecule has 0 spiro atoms. The van der Waals surface area contributed by atoms with Crippen molar-refractivity contribution in [2.45, 2.75) is 25.3 Å². The summed E-state index contributed by atoms with van der Waals surface area (Å²) in [5, 5.41) is 6.53. The number of benzene rings is 2. The van der Waals surface area contributed by atoms with E-state index in [4.69, 9.17) is 0 Å². The number of halogens is 1. The third-order valence-corrected chi connectivity index (χ3v) is 5.77. The zero-order valence-electron chi connectivity index (χ0n) is 16.5. The molecule has 1 fully saturated rings. The number of pyridine rings is 1. The first kappa shape index (κ1) is 18.7. The first-order chi connectivity index (χ1) is 14.7. The fourth-order valence-electron chi connectivity index (χ4n) is 4.27. The Morgan fingerprint density at radius 2 is 2.03 bits per heavy atom. The Morgan fingerprint density at radius 1 is 1.13 bits per heavy atom. The molecule has 30 heavy (non-hydrogen) atoms. The van der Waals surface area contributed by atoms with Crippen molar-refractivity contribution in [1.82, 2.24) is 24.6 Å². The van der Waals surface area contributed by atoms with Gasteiger partial charge in [-0.15, -0.1) is 5.10 Å². The minimum Gasteiger partial charge on any atom is -0.298 e. The topological polar surface area (TPSA) is 66.8 Å². The van der Waals surface area contributed by atoms with Gasteiger partial charge in [-0.2, -0.15) is 4.68 Å². The van der Waals surface area contributed by atoms with Crippen LogP contribution in [0.25, 0.3) is 16.5 Å². The van der Waals surface area contributed by atoms with Gasteiger partial charge in [-0.05, 0) is 37.6 Å². The highest BCUT2D eigenvalue weighted by Crippen LogP contribution is 2.26. The van der Waals surface area contributed by atoms with Crippen LogP contribution in [0.5, 0.6) is 0 Å². The SMILES string of the molecule is O=c1[nH]c(C2CCCN(Cc3ccccc3F)C2)nn1-c1cccc2cnccc12. The lowest BCUT2D eigenvalue weighted by atomic mass is 9.97. The average Bonchev–Trinajstić information content (AvgIpc) is 3.17. The van der Waals surface area contributed by atoms with Crippen molar-refractivity contribution < 1.29 is 4.39 Å². The number of piperidine rings is 1. The number of fused-ring (bicyclic) bond motifs is 1. The van der Waals surface area contributed by atoms with Gasteiger partial charge in [0.15, 0.2) is 0 Å². The molecule has 0 amide bonds. The van der Waals surface area contributed by atoms with Gasteiger partial charge >= 0.3 is 5.69 Å². The number of hydrogen-bond donors (Lipinski definition) is 1. The maximum Gasteiger partial charge on any atom is 0.348 e. The van der Waals surface area contributed by atoms with E-state index in [1.54, 1.807) is 18.5 Å². The maximum atomic E-state index is 14.0. The number of aromatic nitrogens is 4. The van der Waals surface area contributed by atoms with Crippen LogP contribution in [0.2, 0.25) is 0 Å². The van der Waals surface area contributed by atoms with E-state index in [0.717, 1.165) is 42.4 Å². The largest absolute Gasteiger partial charge is 0.348 e. The van der Waals surface area contributed by atoms with Gasteiger partial charge in [-0.25, -0.2) is 9.18 Å². The summed E-state index contributed by atoms with van der Waals surface area (Å²) in [4.78, 5) is 22.0. The normalized spacial score (nSPS) is 17.4. The Kier molecular flexibility index (Phi) is 4.88. The van der Waals surface area contributed by atoms with E-state index >= 15 is 0 Å². The van der Waals surface area contributed by atoms with Crippen LogP contribution in [-0.4, -0.2) is 37.7 Å². The van der Waals surface area contributed by atoms with Gasteiger partial charge in [0.2, 0.25) is 0 Å². The van der Waals surface area contributed by atoms with Crippen LogP contribution in [0, 0.1) is 5.82 Å². The monoisotopic (exact) mass is 403 g/mol. The van der Waals surface area contributed by atoms with Gasteiger partial charge in [-0.1, -0.05) is 30.3 Å². The predicted octanol–water partition coefficient (Wildman–Crippen LogP) is 3.63. The molecular formula is C23H22FN5O. The molecule has 0 bridgehead atoms. The summed E-state index contributed by atoms with van der Waals surface area (Å²) in [6.45, 7) is 2.21. The summed E-state index contributed by atoms with van der Waals surface area (Å²) in [6, 6.07) is 14.5. The number of aromatic amines is 1. The zero-order valence-corrected chi connectivity index (χ0v) is 16.5. The minimum atomic E-state index is -0.250. The lowest BCUT2D eigenvalue weighted by Crippen LogP contribution is -2.34. The van der Waals surface area contributed by atoms with Crippen LogP contribution < -0.4 is 5.69 Å². The van der Waals surface area contributed by atoms with E-state index in [2.05, 4.69) is 20.0 Å². The van der Waals surface area contributed by atoms with Gasteiger partial charge in [-0.3, -0.25) is 14.9 Å². The standard InChI is InChI=1S/C23H22FN5O/c24-20-8-2-1-5-17(20)14-28-12-4-7-18(15-28)22-26-23(30)29(27-22)21-9-3-6-16-13-25-11-10-19(16)21/h1-3,5-6,8-11,13,18H,4,7,12,14-15H2,(H,26,27,30). The fourth-order valence-corrected chi connectivity index (χ4v) is 4.27. The first-order valence-corrected chi connectivity index (χ1v) is 10.2. The fraction of sp³-hybridized carbons (Fsp3) is 0.261. The van der Waals surface area contributed by atoms with Crippen LogP contribution in [0.15, 0.2) is 65.7 Å². The molecule has 1 aliphatic heterocycles. The summed E-state index contributed by atoms with van der Waals surface area (Å²) < 4.78 is 15.5. The van der Waals surface area contributed by atoms with Crippen molar-refractivity contribution in [3.05, 3.63) is 88.6 Å². The van der Waals surface area contributed by atoms with Crippen LogP contribution in [-0.2, 0) is 6.54 Å². The molecule has 2 aromatic heterocycles. The van der Waals surface area contributed by atoms with E-state index < -0.39 is 0 Å². The number of nitrogens with one attached hydrogen (secondary N) is 1. The Balaban J connectivity index is 1.41. The van der Waals surface area contributed by atoms with E-state index in [1.807, 2.05) is 36.4 Å². The third kappa shape index (κ3) is 3.52. The summed E-state index contributed by atoms with van der Waals surface area (Å²) in [6.07, 6.45) is 5.42. The van der Waals surface area contributed by atoms with E-state index in [0.29, 0.717) is 17.9 Å². The molecule has 0 saturated carbocycles. The molecule has 1 N–H and O–H groups in total. The minimum absolute atomic E-state index is 0.108. The van der Waals surface area contributed by atoms with Gasteiger partial charge in [0.25, 0.3) is 0 Å². The number of likely N-dealkylation sites (tertiary alicyclic amines) is 1. The highest BCUT2D eigenvalue weighted by molar-refractivity contribution is 5.89. The van der Waals surface area contributed by atoms with Crippen molar-refractivity contribution in [1.29, 1.82) is 0 Å². The third-order valence-electron chi connectivity index (χ3n) is 5.77. The summed E-state index contributed by atoms with van der Waals surface area (Å²) >= 11 is 0. The lowest BCUT2D eigenvalue weighted by molar-refractivity contribution is 0.194. The number of rotatable bonds is 4. The van der Waals surface area contributed by atoms with E-state index in [-0.39, 0.29) is 17.4 Å². The molecule has 1 unspecified atom stereocenters. The highest BCUT2D eigenvalue weighted by Gasteiger charge is 2.25. The van der Waals surface area contributed by atoms with Crippen molar-refractivity contribution in [3.63, 3.8) is 0 Å². The van der Waals surface area contributed by atoms with Gasteiger partial charge in [0.05, 0.1) is 5.69 Å². The zero-order chi connectivity index (χ0) is 20.5. The Hall–Kier alpha value is -3.32. The molecule has 3 heterocycles. The smallest absolute Gasteiger partial charge is 0.298 e. The van der Waals surface area contributed by atoms with Crippen LogP contribution in [0.1, 0.15) is 30.1 Å². The summed E-state index contributed by atoms with van der Waals surface area (Å²) in [7, 11) is 0. The van der Waals surface area contributed by atoms with Gasteiger partial charge < -0.3 is 0 Å². The first-order valence-electron chi connectivity index (χ1n) is 10.2. The molecule has 1 atom stereocenters. The van der Waals surface area contributed by atoms with Crippen LogP contribution in [0.4, 0.5) is 4.39 Å². The average molecular weight is 403 g/mol. The van der Waals surface area contributed by atoms with E-state index in [9.17, 15) is 9.18 Å². The van der Waals surface area contributed by atoms with Gasteiger partial charge in [0, 0.05) is 47.7 Å². The van der Waals surface area contributed by atoms with Crippen LogP contribution >= 0.6 is 0 Å². The number of H-pyrrole nitrogens is 1. The molecule has 0 radical (unpaired) electrons.